The van der Waals surface area contributed by atoms with Crippen LogP contribution < -0.4 is 11.1 Å². The third-order valence-corrected chi connectivity index (χ3v) is 4.53. The number of nitrogens with one attached hydrogen (secondary N) is 1. The van der Waals surface area contributed by atoms with Crippen molar-refractivity contribution in [1.82, 2.24) is 9.78 Å². The number of halogens is 2. The number of carbonyl (C=O) groups is 1. The van der Waals surface area contributed by atoms with E-state index in [9.17, 15) is 4.79 Å². The first kappa shape index (κ1) is 18.0. The van der Waals surface area contributed by atoms with Crippen molar-refractivity contribution in [1.29, 1.82) is 0 Å². The second kappa shape index (κ2) is 7.95. The fraction of sp³-hybridized carbons (Fsp3) is 0.375. The van der Waals surface area contributed by atoms with Crippen LogP contribution in [-0.2, 0) is 11.3 Å². The zero-order chi connectivity index (χ0) is 15.5. The zero-order valence-corrected chi connectivity index (χ0v) is 15.0. The molecule has 0 spiro atoms. The molecule has 5 nitrogen and oxygen atoms in total. The van der Waals surface area contributed by atoms with Crippen LogP contribution in [0.2, 0.25) is 0 Å². The molecular weight excluding hydrogens is 380 g/mol. The molecule has 1 fully saturated rings. The number of aromatic nitrogens is 2. The van der Waals surface area contributed by atoms with Crippen LogP contribution in [0.1, 0.15) is 24.8 Å². The van der Waals surface area contributed by atoms with Gasteiger partial charge in [0, 0.05) is 22.5 Å². The number of amides is 1. The third kappa shape index (κ3) is 4.56. The van der Waals surface area contributed by atoms with Gasteiger partial charge in [-0.15, -0.1) is 12.4 Å². The minimum Gasteiger partial charge on any atom is -0.328 e. The Labute approximate surface area is 150 Å². The Bertz CT molecular complexity index is 676. The van der Waals surface area contributed by atoms with Gasteiger partial charge < -0.3 is 11.1 Å². The minimum atomic E-state index is 0. The maximum atomic E-state index is 12.3. The number of hydrogen-bond donors (Lipinski definition) is 2. The van der Waals surface area contributed by atoms with Gasteiger partial charge in [-0.25, -0.2) is 4.68 Å². The lowest BCUT2D eigenvalue weighted by Gasteiger charge is -2.12. The Kier molecular flexibility index (Phi) is 6.21. The highest BCUT2D eigenvalue weighted by Gasteiger charge is 2.28. The van der Waals surface area contributed by atoms with Crippen LogP contribution in [0, 0.1) is 5.92 Å². The van der Waals surface area contributed by atoms with Crippen molar-refractivity contribution in [3.8, 4) is 0 Å². The van der Waals surface area contributed by atoms with Crippen molar-refractivity contribution in [3.63, 3.8) is 0 Å². The van der Waals surface area contributed by atoms with Gasteiger partial charge in [0.25, 0.3) is 0 Å². The molecule has 2 aromatic rings. The van der Waals surface area contributed by atoms with Gasteiger partial charge >= 0.3 is 0 Å². The molecule has 3 N–H and O–H groups in total. The van der Waals surface area contributed by atoms with Crippen molar-refractivity contribution in [3.05, 3.63) is 46.6 Å². The average Bonchev–Trinajstić information content (AvgIpc) is 3.09. The van der Waals surface area contributed by atoms with Crippen LogP contribution >= 0.6 is 28.3 Å². The summed E-state index contributed by atoms with van der Waals surface area (Å²) in [5.74, 6) is 0.790. The number of rotatable bonds is 4. The van der Waals surface area contributed by atoms with Crippen LogP contribution in [0.5, 0.6) is 0 Å². The lowest BCUT2D eigenvalue weighted by Crippen LogP contribution is -2.24. The number of benzene rings is 1. The molecule has 0 bridgehead atoms. The lowest BCUT2D eigenvalue weighted by atomic mass is 10.1. The molecule has 1 amide bonds. The summed E-state index contributed by atoms with van der Waals surface area (Å²) in [6.45, 7) is 0.617. The van der Waals surface area contributed by atoms with Gasteiger partial charge in [0.15, 0.2) is 0 Å². The summed E-state index contributed by atoms with van der Waals surface area (Å²) >= 11 is 3.46. The third-order valence-electron chi connectivity index (χ3n) is 4.03. The Balaban J connectivity index is 0.00000192. The number of nitrogens with zero attached hydrogens (tertiary/aromatic N) is 2. The van der Waals surface area contributed by atoms with E-state index in [2.05, 4.69) is 26.3 Å². The molecule has 3 rings (SSSR count). The molecule has 1 aromatic carbocycles. The van der Waals surface area contributed by atoms with Gasteiger partial charge in [-0.1, -0.05) is 28.1 Å². The van der Waals surface area contributed by atoms with E-state index >= 15 is 0 Å². The quantitative estimate of drug-likeness (QED) is 0.829. The average molecular weight is 400 g/mol. The van der Waals surface area contributed by atoms with E-state index in [0.29, 0.717) is 6.54 Å². The Morgan fingerprint density at radius 2 is 2.22 bits per heavy atom. The topological polar surface area (TPSA) is 72.9 Å². The summed E-state index contributed by atoms with van der Waals surface area (Å²) in [5, 5.41) is 7.28. The SMILES string of the molecule is Cl.NC1CCC(C(=O)Nc2ccnn2Cc2cccc(Br)c2)C1. The summed E-state index contributed by atoms with van der Waals surface area (Å²) < 4.78 is 2.83. The largest absolute Gasteiger partial charge is 0.328 e. The van der Waals surface area contributed by atoms with Crippen molar-refractivity contribution in [2.45, 2.75) is 31.8 Å². The molecule has 0 saturated heterocycles. The summed E-state index contributed by atoms with van der Waals surface area (Å²) in [7, 11) is 0. The van der Waals surface area contributed by atoms with Crippen LogP contribution in [0.4, 0.5) is 5.82 Å². The van der Waals surface area contributed by atoms with Gasteiger partial charge in [0.2, 0.25) is 5.91 Å². The zero-order valence-electron chi connectivity index (χ0n) is 12.6. The first-order valence-electron chi connectivity index (χ1n) is 7.44. The molecule has 0 aliphatic heterocycles. The van der Waals surface area contributed by atoms with E-state index in [4.69, 9.17) is 5.73 Å². The molecule has 2 atom stereocenters. The first-order chi connectivity index (χ1) is 10.6. The van der Waals surface area contributed by atoms with Crippen molar-refractivity contribution in [2.24, 2.45) is 11.7 Å². The Morgan fingerprint density at radius 1 is 1.39 bits per heavy atom. The van der Waals surface area contributed by atoms with Gasteiger partial charge in [-0.05, 0) is 37.0 Å². The van der Waals surface area contributed by atoms with Crippen molar-refractivity contribution < 1.29 is 4.79 Å². The maximum absolute atomic E-state index is 12.3. The second-order valence-corrected chi connectivity index (χ2v) is 6.68. The predicted molar refractivity (Wildman–Crippen MR) is 96.7 cm³/mol. The van der Waals surface area contributed by atoms with Gasteiger partial charge in [-0.3, -0.25) is 4.79 Å². The number of hydrogen-bond acceptors (Lipinski definition) is 3. The van der Waals surface area contributed by atoms with E-state index in [-0.39, 0.29) is 30.3 Å². The van der Waals surface area contributed by atoms with Crippen LogP contribution in [-0.4, -0.2) is 21.7 Å². The second-order valence-electron chi connectivity index (χ2n) is 5.76. The molecule has 7 heteroatoms. The highest BCUT2D eigenvalue weighted by molar-refractivity contribution is 9.10. The molecule has 2 unspecified atom stereocenters. The molecule has 1 aliphatic rings. The number of carbonyl (C=O) groups excluding carboxylic acids is 1. The minimum absolute atomic E-state index is 0. The fourth-order valence-corrected chi connectivity index (χ4v) is 3.30. The normalized spacial score (nSPS) is 20.1. The van der Waals surface area contributed by atoms with Crippen LogP contribution in [0.25, 0.3) is 0 Å². The highest BCUT2D eigenvalue weighted by Crippen LogP contribution is 2.25. The first-order valence-corrected chi connectivity index (χ1v) is 8.24. The van der Waals surface area contributed by atoms with Gasteiger partial charge in [-0.2, -0.15) is 5.10 Å². The van der Waals surface area contributed by atoms with E-state index in [1.807, 2.05) is 30.3 Å². The number of nitrogens with two attached hydrogens (primary N) is 1. The molecule has 23 heavy (non-hydrogen) atoms. The van der Waals surface area contributed by atoms with Crippen molar-refractivity contribution in [2.75, 3.05) is 5.32 Å². The Morgan fingerprint density at radius 3 is 2.91 bits per heavy atom. The molecule has 1 heterocycles. The van der Waals surface area contributed by atoms with E-state index in [1.54, 1.807) is 10.9 Å². The summed E-state index contributed by atoms with van der Waals surface area (Å²) in [5.41, 5.74) is 7.00. The molecule has 1 aromatic heterocycles. The van der Waals surface area contributed by atoms with E-state index in [0.717, 1.165) is 35.1 Å². The summed E-state index contributed by atoms with van der Waals surface area (Å²) in [4.78, 5) is 12.3. The molecule has 1 aliphatic carbocycles. The van der Waals surface area contributed by atoms with E-state index in [1.165, 1.54) is 0 Å². The smallest absolute Gasteiger partial charge is 0.228 e. The van der Waals surface area contributed by atoms with E-state index < -0.39 is 0 Å². The molecule has 0 radical (unpaired) electrons. The Hall–Kier alpha value is -1.37. The molecule has 124 valence electrons. The molecular formula is C16H20BrClN4O. The standard InChI is InChI=1S/C16H19BrN4O.ClH/c17-13-3-1-2-11(8-13)10-21-15(6-7-19-21)20-16(22)12-4-5-14(18)9-12;/h1-3,6-8,12,14H,4-5,9-10,18H2,(H,20,22);1H. The van der Waals surface area contributed by atoms with Crippen molar-refractivity contribution >= 4 is 40.1 Å². The van der Waals surface area contributed by atoms with Crippen LogP contribution in [0.3, 0.4) is 0 Å². The molecule has 1 saturated carbocycles. The predicted octanol–water partition coefficient (Wildman–Crippen LogP) is 3.18. The monoisotopic (exact) mass is 398 g/mol. The summed E-state index contributed by atoms with van der Waals surface area (Å²) in [6.07, 6.45) is 4.27. The van der Waals surface area contributed by atoms with Crippen LogP contribution in [0.15, 0.2) is 41.0 Å². The highest BCUT2D eigenvalue weighted by atomic mass is 79.9. The number of anilines is 1. The van der Waals surface area contributed by atoms with Gasteiger partial charge in [0.05, 0.1) is 12.7 Å². The summed E-state index contributed by atoms with van der Waals surface area (Å²) in [6, 6.07) is 10.0. The lowest BCUT2D eigenvalue weighted by molar-refractivity contribution is -0.119. The van der Waals surface area contributed by atoms with Gasteiger partial charge in [0.1, 0.15) is 5.82 Å². The maximum Gasteiger partial charge on any atom is 0.228 e. The fourth-order valence-electron chi connectivity index (χ4n) is 2.86.